The van der Waals surface area contributed by atoms with Crippen molar-refractivity contribution in [3.8, 4) is 0 Å². The van der Waals surface area contributed by atoms with E-state index >= 15 is 0 Å². The summed E-state index contributed by atoms with van der Waals surface area (Å²) in [5.74, 6) is -1.18. The SMILES string of the molecule is CC[C@@H](C)NS(=O)(=O)c1cc(C(=O)O)ccc1N[C@@H](C)COC. The fourth-order valence-corrected chi connectivity index (χ4v) is 3.49. The number of hydrogen-bond acceptors (Lipinski definition) is 5. The molecule has 7 nitrogen and oxygen atoms in total. The van der Waals surface area contributed by atoms with Crippen LogP contribution in [0.4, 0.5) is 5.69 Å². The number of nitrogens with one attached hydrogen (secondary N) is 2. The number of methoxy groups -OCH3 is 1. The number of carboxylic acids is 1. The second-order valence-electron chi connectivity index (χ2n) is 5.45. The van der Waals surface area contributed by atoms with Gasteiger partial charge in [0, 0.05) is 19.2 Å². The first-order chi connectivity index (χ1) is 10.7. The molecule has 1 aromatic rings. The smallest absolute Gasteiger partial charge is 0.335 e. The summed E-state index contributed by atoms with van der Waals surface area (Å²) in [5, 5.41) is 12.1. The van der Waals surface area contributed by atoms with Gasteiger partial charge in [-0.3, -0.25) is 0 Å². The maximum atomic E-state index is 12.6. The Kier molecular flexibility index (Phi) is 6.99. The average molecular weight is 344 g/mol. The molecule has 0 aliphatic rings. The number of benzene rings is 1. The van der Waals surface area contributed by atoms with Gasteiger partial charge < -0.3 is 15.2 Å². The highest BCUT2D eigenvalue weighted by Gasteiger charge is 2.23. The van der Waals surface area contributed by atoms with Gasteiger partial charge in [-0.05, 0) is 38.5 Å². The lowest BCUT2D eigenvalue weighted by Crippen LogP contribution is -2.33. The molecule has 0 aliphatic carbocycles. The molecule has 0 heterocycles. The van der Waals surface area contributed by atoms with Crippen molar-refractivity contribution in [2.45, 2.75) is 44.2 Å². The van der Waals surface area contributed by atoms with E-state index in [1.807, 2.05) is 13.8 Å². The molecule has 8 heteroatoms. The third kappa shape index (κ3) is 5.49. The second kappa shape index (κ2) is 8.28. The summed E-state index contributed by atoms with van der Waals surface area (Å²) >= 11 is 0. The molecule has 23 heavy (non-hydrogen) atoms. The van der Waals surface area contributed by atoms with Gasteiger partial charge in [-0.2, -0.15) is 0 Å². The maximum Gasteiger partial charge on any atom is 0.335 e. The number of carboxylic acid groups (broad SMARTS) is 1. The molecular weight excluding hydrogens is 320 g/mol. The van der Waals surface area contributed by atoms with Gasteiger partial charge in [-0.1, -0.05) is 6.92 Å². The Bertz CT molecular complexity index is 645. The number of aromatic carboxylic acids is 1. The van der Waals surface area contributed by atoms with Crippen LogP contribution in [-0.2, 0) is 14.8 Å². The third-order valence-electron chi connectivity index (χ3n) is 3.31. The fourth-order valence-electron chi connectivity index (χ4n) is 1.97. The Balaban J connectivity index is 3.28. The summed E-state index contributed by atoms with van der Waals surface area (Å²) in [6.07, 6.45) is 0.626. The van der Waals surface area contributed by atoms with Crippen LogP contribution in [0.25, 0.3) is 0 Å². The number of hydrogen-bond donors (Lipinski definition) is 3. The number of sulfonamides is 1. The van der Waals surface area contributed by atoms with Crippen molar-refractivity contribution in [2.75, 3.05) is 19.0 Å². The molecule has 0 saturated heterocycles. The summed E-state index contributed by atoms with van der Waals surface area (Å²) in [4.78, 5) is 11.1. The van der Waals surface area contributed by atoms with Crippen molar-refractivity contribution in [3.05, 3.63) is 23.8 Å². The van der Waals surface area contributed by atoms with Crippen LogP contribution in [0.1, 0.15) is 37.6 Å². The third-order valence-corrected chi connectivity index (χ3v) is 4.93. The standard InChI is InChI=1S/C15H24N2O5S/c1-5-10(2)17-23(20,21)14-8-12(15(18)19)6-7-13(14)16-11(3)9-22-4/h6-8,10-11,16-17H,5,9H2,1-4H3,(H,18,19)/t10-,11+/m1/s1. The molecule has 0 aliphatic heterocycles. The fraction of sp³-hybridized carbons (Fsp3) is 0.533. The first-order valence-corrected chi connectivity index (χ1v) is 8.84. The molecule has 0 saturated carbocycles. The zero-order valence-corrected chi connectivity index (χ0v) is 14.6. The van der Waals surface area contributed by atoms with Crippen LogP contribution < -0.4 is 10.0 Å². The van der Waals surface area contributed by atoms with Gasteiger partial charge in [0.2, 0.25) is 10.0 Å². The van der Waals surface area contributed by atoms with Gasteiger partial charge in [-0.15, -0.1) is 0 Å². The van der Waals surface area contributed by atoms with Crippen molar-refractivity contribution in [1.29, 1.82) is 0 Å². The van der Waals surface area contributed by atoms with Crippen LogP contribution in [0.15, 0.2) is 23.1 Å². The van der Waals surface area contributed by atoms with Gasteiger partial charge in [0.1, 0.15) is 4.90 Å². The van der Waals surface area contributed by atoms with E-state index in [1.54, 1.807) is 14.0 Å². The lowest BCUT2D eigenvalue weighted by molar-refractivity contribution is 0.0696. The van der Waals surface area contributed by atoms with Crippen LogP contribution >= 0.6 is 0 Å². The van der Waals surface area contributed by atoms with Crippen molar-refractivity contribution < 1.29 is 23.1 Å². The largest absolute Gasteiger partial charge is 0.478 e. The molecular formula is C15H24N2O5S. The lowest BCUT2D eigenvalue weighted by Gasteiger charge is -2.19. The highest BCUT2D eigenvalue weighted by Crippen LogP contribution is 2.24. The Morgan fingerprint density at radius 1 is 1.30 bits per heavy atom. The predicted molar refractivity (Wildman–Crippen MR) is 88.4 cm³/mol. The number of anilines is 1. The van der Waals surface area contributed by atoms with E-state index in [4.69, 9.17) is 9.84 Å². The molecule has 0 amide bonds. The summed E-state index contributed by atoms with van der Waals surface area (Å²) in [7, 11) is -2.29. The summed E-state index contributed by atoms with van der Waals surface area (Å²) in [6, 6.07) is 3.60. The number of ether oxygens (including phenoxy) is 1. The maximum absolute atomic E-state index is 12.6. The Morgan fingerprint density at radius 2 is 1.96 bits per heavy atom. The van der Waals surface area contributed by atoms with Crippen LogP contribution in [0.2, 0.25) is 0 Å². The van der Waals surface area contributed by atoms with E-state index in [-0.39, 0.29) is 22.5 Å². The summed E-state index contributed by atoms with van der Waals surface area (Å²) in [6.45, 7) is 5.84. The van der Waals surface area contributed by atoms with E-state index in [1.165, 1.54) is 12.1 Å². The normalized spacial score (nSPS) is 14.3. The minimum Gasteiger partial charge on any atom is -0.478 e. The van der Waals surface area contributed by atoms with Gasteiger partial charge >= 0.3 is 5.97 Å². The Labute approximate surface area is 137 Å². The minimum atomic E-state index is -3.84. The monoisotopic (exact) mass is 344 g/mol. The van der Waals surface area contributed by atoms with Crippen molar-refractivity contribution >= 4 is 21.7 Å². The Hall–Kier alpha value is -1.64. The van der Waals surface area contributed by atoms with Gasteiger partial charge in [-0.25, -0.2) is 17.9 Å². The van der Waals surface area contributed by atoms with Crippen LogP contribution in [0, 0.1) is 0 Å². The van der Waals surface area contributed by atoms with Crippen LogP contribution in [0.3, 0.4) is 0 Å². The minimum absolute atomic E-state index is 0.0827. The van der Waals surface area contributed by atoms with Crippen molar-refractivity contribution in [1.82, 2.24) is 4.72 Å². The topological polar surface area (TPSA) is 105 Å². The molecule has 0 bridgehead atoms. The highest BCUT2D eigenvalue weighted by molar-refractivity contribution is 7.89. The molecule has 0 spiro atoms. The molecule has 130 valence electrons. The first-order valence-electron chi connectivity index (χ1n) is 7.36. The number of rotatable bonds is 9. The molecule has 3 N–H and O–H groups in total. The average Bonchev–Trinajstić information content (AvgIpc) is 2.46. The van der Waals surface area contributed by atoms with E-state index in [0.29, 0.717) is 18.7 Å². The van der Waals surface area contributed by atoms with E-state index in [0.717, 1.165) is 6.07 Å². The molecule has 0 radical (unpaired) electrons. The van der Waals surface area contributed by atoms with Gasteiger partial charge in [0.15, 0.2) is 0 Å². The molecule has 0 unspecified atom stereocenters. The molecule has 0 fully saturated rings. The first kappa shape index (κ1) is 19.4. The van der Waals surface area contributed by atoms with Gasteiger partial charge in [0.25, 0.3) is 0 Å². The zero-order chi connectivity index (χ0) is 17.6. The number of carbonyl (C=O) groups is 1. The van der Waals surface area contributed by atoms with Crippen LogP contribution in [-0.4, -0.2) is 45.3 Å². The highest BCUT2D eigenvalue weighted by atomic mass is 32.2. The van der Waals surface area contributed by atoms with Gasteiger partial charge in [0.05, 0.1) is 17.9 Å². The molecule has 1 aromatic carbocycles. The van der Waals surface area contributed by atoms with E-state index < -0.39 is 16.0 Å². The summed E-state index contributed by atoms with van der Waals surface area (Å²) < 4.78 is 32.7. The molecule has 1 rings (SSSR count). The quantitative estimate of drug-likeness (QED) is 0.632. The van der Waals surface area contributed by atoms with E-state index in [9.17, 15) is 13.2 Å². The predicted octanol–water partition coefficient (Wildman–Crippen LogP) is 1.91. The van der Waals surface area contributed by atoms with E-state index in [2.05, 4.69) is 10.0 Å². The molecule has 0 aromatic heterocycles. The van der Waals surface area contributed by atoms with Crippen LogP contribution in [0.5, 0.6) is 0 Å². The van der Waals surface area contributed by atoms with Crippen molar-refractivity contribution in [3.63, 3.8) is 0 Å². The second-order valence-corrected chi connectivity index (χ2v) is 7.13. The summed E-state index contributed by atoms with van der Waals surface area (Å²) in [5.41, 5.74) is 0.259. The lowest BCUT2D eigenvalue weighted by atomic mass is 10.2. The zero-order valence-electron chi connectivity index (χ0n) is 13.8. The van der Waals surface area contributed by atoms with Crippen molar-refractivity contribution in [2.24, 2.45) is 0 Å². The Morgan fingerprint density at radius 3 is 2.48 bits per heavy atom. The molecule has 2 atom stereocenters.